The summed E-state index contributed by atoms with van der Waals surface area (Å²) in [7, 11) is 0. The normalized spacial score (nSPS) is 10.0. The van der Waals surface area contributed by atoms with Crippen LogP contribution in [0.1, 0.15) is 24.2 Å². The number of aliphatic hydroxyl groups is 1. The van der Waals surface area contributed by atoms with Gasteiger partial charge < -0.3 is 19.5 Å². The van der Waals surface area contributed by atoms with Crippen LogP contribution in [0.3, 0.4) is 0 Å². The molecule has 0 aliphatic heterocycles. The Hall–Kier alpha value is -2.01. The van der Waals surface area contributed by atoms with Gasteiger partial charge in [-0.1, -0.05) is 6.08 Å². The largest absolute Gasteiger partial charge is 0.490 e. The zero-order chi connectivity index (χ0) is 15.7. The molecule has 0 fully saturated rings. The summed E-state index contributed by atoms with van der Waals surface area (Å²) < 4.78 is 11.0. The number of benzene rings is 1. The predicted molar refractivity (Wildman–Crippen MR) is 82.0 cm³/mol. The molecule has 0 unspecified atom stereocenters. The Bertz CT molecular complexity index is 473. The van der Waals surface area contributed by atoms with Gasteiger partial charge in [0.1, 0.15) is 0 Å². The molecular formula is C16H23NO4. The Kier molecular flexibility index (Phi) is 7.32. The SMILES string of the molecule is C=CCN(CCO)C(=O)c1ccc(OCC)c(OCC)c1. The molecule has 0 saturated carbocycles. The van der Waals surface area contributed by atoms with Crippen molar-refractivity contribution in [2.45, 2.75) is 13.8 Å². The maximum Gasteiger partial charge on any atom is 0.254 e. The molecule has 0 bridgehead atoms. The van der Waals surface area contributed by atoms with Gasteiger partial charge in [-0.3, -0.25) is 4.79 Å². The lowest BCUT2D eigenvalue weighted by molar-refractivity contribution is 0.0742. The highest BCUT2D eigenvalue weighted by Gasteiger charge is 2.16. The third-order valence-corrected chi connectivity index (χ3v) is 2.80. The maximum atomic E-state index is 12.4. The number of hydrogen-bond acceptors (Lipinski definition) is 4. The van der Waals surface area contributed by atoms with Crippen molar-refractivity contribution in [1.29, 1.82) is 0 Å². The quantitative estimate of drug-likeness (QED) is 0.708. The van der Waals surface area contributed by atoms with E-state index in [2.05, 4.69) is 6.58 Å². The summed E-state index contributed by atoms with van der Waals surface area (Å²) >= 11 is 0. The van der Waals surface area contributed by atoms with Gasteiger partial charge in [0.2, 0.25) is 0 Å². The second-order valence-electron chi connectivity index (χ2n) is 4.29. The first-order valence-corrected chi connectivity index (χ1v) is 7.08. The summed E-state index contributed by atoms with van der Waals surface area (Å²) in [6, 6.07) is 5.10. The molecule has 0 radical (unpaired) electrons. The summed E-state index contributed by atoms with van der Waals surface area (Å²) in [5.41, 5.74) is 0.497. The molecule has 1 N–H and O–H groups in total. The highest BCUT2D eigenvalue weighted by molar-refractivity contribution is 5.95. The van der Waals surface area contributed by atoms with Gasteiger partial charge in [0.05, 0.1) is 19.8 Å². The lowest BCUT2D eigenvalue weighted by Gasteiger charge is -2.20. The van der Waals surface area contributed by atoms with E-state index in [0.29, 0.717) is 36.8 Å². The summed E-state index contributed by atoms with van der Waals surface area (Å²) in [5, 5.41) is 9.04. The Balaban J connectivity index is 3.02. The van der Waals surface area contributed by atoms with Gasteiger partial charge in [0, 0.05) is 18.7 Å². The first kappa shape index (κ1) is 17.0. The summed E-state index contributed by atoms with van der Waals surface area (Å²) in [4.78, 5) is 13.9. The lowest BCUT2D eigenvalue weighted by atomic mass is 10.1. The molecule has 0 heterocycles. The molecule has 1 aromatic carbocycles. The minimum Gasteiger partial charge on any atom is -0.490 e. The minimum atomic E-state index is -0.173. The van der Waals surface area contributed by atoms with Crippen LogP contribution in [0.5, 0.6) is 11.5 Å². The molecule has 1 amide bonds. The fourth-order valence-electron chi connectivity index (χ4n) is 1.92. The van der Waals surface area contributed by atoms with Crippen LogP contribution < -0.4 is 9.47 Å². The third-order valence-electron chi connectivity index (χ3n) is 2.80. The van der Waals surface area contributed by atoms with Crippen LogP contribution in [0.15, 0.2) is 30.9 Å². The molecule has 0 saturated heterocycles. The lowest BCUT2D eigenvalue weighted by Crippen LogP contribution is -2.33. The fraction of sp³-hybridized carbons (Fsp3) is 0.438. The number of nitrogens with zero attached hydrogens (tertiary/aromatic N) is 1. The molecule has 1 aromatic rings. The van der Waals surface area contributed by atoms with Crippen molar-refractivity contribution in [1.82, 2.24) is 4.90 Å². The van der Waals surface area contributed by atoms with Crippen molar-refractivity contribution in [3.05, 3.63) is 36.4 Å². The first-order valence-electron chi connectivity index (χ1n) is 7.08. The molecule has 5 heteroatoms. The van der Waals surface area contributed by atoms with Crippen LogP contribution in [0, 0.1) is 0 Å². The molecule has 116 valence electrons. The van der Waals surface area contributed by atoms with Crippen molar-refractivity contribution < 1.29 is 19.4 Å². The van der Waals surface area contributed by atoms with E-state index >= 15 is 0 Å². The molecule has 0 spiro atoms. The smallest absolute Gasteiger partial charge is 0.254 e. The predicted octanol–water partition coefficient (Wildman–Crippen LogP) is 2.10. The highest BCUT2D eigenvalue weighted by Crippen LogP contribution is 2.29. The molecule has 0 atom stereocenters. The Labute approximate surface area is 125 Å². The van der Waals surface area contributed by atoms with E-state index in [4.69, 9.17) is 14.6 Å². The zero-order valence-electron chi connectivity index (χ0n) is 12.7. The molecule has 1 rings (SSSR count). The van der Waals surface area contributed by atoms with E-state index in [0.717, 1.165) is 0 Å². The average molecular weight is 293 g/mol. The van der Waals surface area contributed by atoms with Gasteiger partial charge in [-0.15, -0.1) is 6.58 Å². The Morgan fingerprint density at radius 3 is 2.52 bits per heavy atom. The summed E-state index contributed by atoms with van der Waals surface area (Å²) in [6.07, 6.45) is 1.63. The average Bonchev–Trinajstić information content (AvgIpc) is 2.48. The Morgan fingerprint density at radius 1 is 1.29 bits per heavy atom. The summed E-state index contributed by atoms with van der Waals surface area (Å²) in [5.74, 6) is 0.994. The van der Waals surface area contributed by atoms with Crippen LogP contribution in [0.2, 0.25) is 0 Å². The summed E-state index contributed by atoms with van der Waals surface area (Å²) in [6.45, 7) is 8.97. The van der Waals surface area contributed by atoms with Crippen molar-refractivity contribution in [3.63, 3.8) is 0 Å². The van der Waals surface area contributed by atoms with Crippen LogP contribution in [-0.4, -0.2) is 48.8 Å². The molecular weight excluding hydrogens is 270 g/mol. The molecule has 21 heavy (non-hydrogen) atoms. The van der Waals surface area contributed by atoms with E-state index < -0.39 is 0 Å². The molecule has 0 aliphatic carbocycles. The van der Waals surface area contributed by atoms with E-state index in [9.17, 15) is 4.79 Å². The van der Waals surface area contributed by atoms with Crippen LogP contribution in [0.25, 0.3) is 0 Å². The molecule has 0 aromatic heterocycles. The number of amides is 1. The highest BCUT2D eigenvalue weighted by atomic mass is 16.5. The maximum absolute atomic E-state index is 12.4. The van der Waals surface area contributed by atoms with E-state index in [-0.39, 0.29) is 19.1 Å². The minimum absolute atomic E-state index is 0.0884. The van der Waals surface area contributed by atoms with Crippen molar-refractivity contribution in [3.8, 4) is 11.5 Å². The van der Waals surface area contributed by atoms with E-state index in [1.165, 1.54) is 4.90 Å². The number of aliphatic hydroxyl groups excluding tert-OH is 1. The number of hydrogen-bond donors (Lipinski definition) is 1. The van der Waals surface area contributed by atoms with E-state index in [1.807, 2.05) is 13.8 Å². The van der Waals surface area contributed by atoms with Gasteiger partial charge in [-0.2, -0.15) is 0 Å². The molecule has 5 nitrogen and oxygen atoms in total. The van der Waals surface area contributed by atoms with Gasteiger partial charge >= 0.3 is 0 Å². The van der Waals surface area contributed by atoms with Crippen molar-refractivity contribution in [2.75, 3.05) is 32.9 Å². The number of ether oxygens (including phenoxy) is 2. The van der Waals surface area contributed by atoms with E-state index in [1.54, 1.807) is 24.3 Å². The second-order valence-corrected chi connectivity index (χ2v) is 4.29. The van der Waals surface area contributed by atoms with Gasteiger partial charge in [0.25, 0.3) is 5.91 Å². The molecule has 0 aliphatic rings. The number of rotatable bonds is 9. The third kappa shape index (κ3) is 4.79. The Morgan fingerprint density at radius 2 is 1.95 bits per heavy atom. The van der Waals surface area contributed by atoms with Crippen LogP contribution >= 0.6 is 0 Å². The second kappa shape index (κ2) is 9.02. The number of carbonyl (C=O) groups is 1. The van der Waals surface area contributed by atoms with Crippen LogP contribution in [-0.2, 0) is 0 Å². The zero-order valence-corrected chi connectivity index (χ0v) is 12.7. The fourth-order valence-corrected chi connectivity index (χ4v) is 1.92. The van der Waals surface area contributed by atoms with Crippen LogP contribution in [0.4, 0.5) is 0 Å². The first-order chi connectivity index (χ1) is 10.2. The van der Waals surface area contributed by atoms with Gasteiger partial charge in [-0.25, -0.2) is 0 Å². The van der Waals surface area contributed by atoms with Gasteiger partial charge in [0.15, 0.2) is 11.5 Å². The standard InChI is InChI=1S/C16H23NO4/c1-4-9-17(10-11-18)16(19)13-7-8-14(20-5-2)15(12-13)21-6-3/h4,7-8,12,18H,1,5-6,9-11H2,2-3H3. The number of carbonyl (C=O) groups excluding carboxylic acids is 1. The van der Waals surface area contributed by atoms with Crippen molar-refractivity contribution >= 4 is 5.91 Å². The topological polar surface area (TPSA) is 59.0 Å². The monoisotopic (exact) mass is 293 g/mol. The van der Waals surface area contributed by atoms with Crippen molar-refractivity contribution in [2.24, 2.45) is 0 Å². The van der Waals surface area contributed by atoms with Gasteiger partial charge in [-0.05, 0) is 32.0 Å².